The number of amides is 2. The van der Waals surface area contributed by atoms with Crippen molar-refractivity contribution in [3.63, 3.8) is 0 Å². The molecule has 1 aromatic rings. The molecule has 144 valence electrons. The van der Waals surface area contributed by atoms with Gasteiger partial charge in [-0.05, 0) is 58.6 Å². The van der Waals surface area contributed by atoms with Crippen LogP contribution in [0.1, 0.15) is 53.4 Å². The average molecular weight is 362 g/mol. The molecule has 0 radical (unpaired) electrons. The SMILES string of the molecule is CC[C@@H](NC(=O)OC(C)(C)C)C(=O)N[C@@H]1CCC[C@@H]1Oc1ccccc1. The van der Waals surface area contributed by atoms with Crippen molar-refractivity contribution in [1.82, 2.24) is 10.6 Å². The number of carbonyl (C=O) groups is 2. The third-order valence-corrected chi connectivity index (χ3v) is 4.23. The summed E-state index contributed by atoms with van der Waals surface area (Å²) in [6.07, 6.45) is 2.62. The molecule has 1 aliphatic rings. The molecule has 0 saturated heterocycles. The van der Waals surface area contributed by atoms with Crippen LogP contribution in [0, 0.1) is 0 Å². The summed E-state index contributed by atoms with van der Waals surface area (Å²) >= 11 is 0. The van der Waals surface area contributed by atoms with Crippen LogP contribution >= 0.6 is 0 Å². The minimum Gasteiger partial charge on any atom is -0.488 e. The number of benzene rings is 1. The first-order valence-corrected chi connectivity index (χ1v) is 9.30. The van der Waals surface area contributed by atoms with E-state index in [9.17, 15) is 9.59 Å². The summed E-state index contributed by atoms with van der Waals surface area (Å²) in [7, 11) is 0. The molecule has 0 aliphatic heterocycles. The lowest BCUT2D eigenvalue weighted by Gasteiger charge is -2.26. The molecule has 0 aromatic heterocycles. The Kier molecular flexibility index (Phi) is 6.89. The Morgan fingerprint density at radius 1 is 1.19 bits per heavy atom. The molecule has 3 atom stereocenters. The molecule has 0 heterocycles. The van der Waals surface area contributed by atoms with Crippen LogP contribution in [0.2, 0.25) is 0 Å². The first kappa shape index (κ1) is 20.1. The number of hydrogen-bond donors (Lipinski definition) is 2. The summed E-state index contributed by atoms with van der Waals surface area (Å²) in [5.41, 5.74) is -0.598. The third kappa shape index (κ3) is 6.24. The quantitative estimate of drug-likeness (QED) is 0.813. The number of rotatable bonds is 6. The Morgan fingerprint density at radius 3 is 2.50 bits per heavy atom. The van der Waals surface area contributed by atoms with Crippen molar-refractivity contribution in [1.29, 1.82) is 0 Å². The van der Waals surface area contributed by atoms with Gasteiger partial charge in [-0.25, -0.2) is 4.79 Å². The Bertz CT molecular complexity index is 598. The first-order valence-electron chi connectivity index (χ1n) is 9.30. The first-order chi connectivity index (χ1) is 12.3. The van der Waals surface area contributed by atoms with Gasteiger partial charge in [0.1, 0.15) is 23.5 Å². The van der Waals surface area contributed by atoms with Crippen molar-refractivity contribution >= 4 is 12.0 Å². The van der Waals surface area contributed by atoms with Gasteiger partial charge >= 0.3 is 6.09 Å². The molecular formula is C20H30N2O4. The molecule has 1 fully saturated rings. The normalized spacial score (nSPS) is 20.9. The summed E-state index contributed by atoms with van der Waals surface area (Å²) in [5.74, 6) is 0.601. The average Bonchev–Trinajstić information content (AvgIpc) is 2.98. The summed E-state index contributed by atoms with van der Waals surface area (Å²) in [6, 6.07) is 8.94. The van der Waals surface area contributed by atoms with E-state index in [2.05, 4.69) is 10.6 Å². The molecule has 2 amide bonds. The van der Waals surface area contributed by atoms with Crippen LogP contribution in [-0.4, -0.2) is 35.8 Å². The van der Waals surface area contributed by atoms with Gasteiger partial charge in [0, 0.05) is 0 Å². The number of carbonyl (C=O) groups excluding carboxylic acids is 2. The minimum absolute atomic E-state index is 0.0552. The number of hydrogen-bond acceptors (Lipinski definition) is 4. The van der Waals surface area contributed by atoms with Crippen molar-refractivity contribution in [2.24, 2.45) is 0 Å². The lowest BCUT2D eigenvalue weighted by atomic mass is 10.1. The Balaban J connectivity index is 1.90. The molecule has 6 heteroatoms. The molecule has 2 N–H and O–H groups in total. The zero-order chi connectivity index (χ0) is 19.2. The molecule has 26 heavy (non-hydrogen) atoms. The fourth-order valence-corrected chi connectivity index (χ4v) is 2.99. The van der Waals surface area contributed by atoms with Crippen LogP contribution in [0.15, 0.2) is 30.3 Å². The second kappa shape index (κ2) is 8.92. The van der Waals surface area contributed by atoms with Crippen molar-refractivity contribution in [2.45, 2.75) is 77.2 Å². The van der Waals surface area contributed by atoms with Gasteiger partial charge in [-0.15, -0.1) is 0 Å². The molecule has 2 rings (SSSR count). The van der Waals surface area contributed by atoms with Gasteiger partial charge in [0.05, 0.1) is 6.04 Å². The van der Waals surface area contributed by atoms with Gasteiger partial charge < -0.3 is 20.1 Å². The number of para-hydroxylation sites is 1. The van der Waals surface area contributed by atoms with E-state index >= 15 is 0 Å². The third-order valence-electron chi connectivity index (χ3n) is 4.23. The zero-order valence-corrected chi connectivity index (χ0v) is 16.1. The molecule has 1 saturated carbocycles. The van der Waals surface area contributed by atoms with E-state index in [1.54, 1.807) is 20.8 Å². The highest BCUT2D eigenvalue weighted by Gasteiger charge is 2.32. The van der Waals surface area contributed by atoms with E-state index in [0.717, 1.165) is 25.0 Å². The number of alkyl carbamates (subject to hydrolysis) is 1. The van der Waals surface area contributed by atoms with Crippen molar-refractivity contribution in [2.75, 3.05) is 0 Å². The maximum absolute atomic E-state index is 12.6. The van der Waals surface area contributed by atoms with Gasteiger partial charge in [0.15, 0.2) is 0 Å². The predicted octanol–water partition coefficient (Wildman–Crippen LogP) is 3.41. The van der Waals surface area contributed by atoms with Gasteiger partial charge in [0.2, 0.25) is 5.91 Å². The highest BCUT2D eigenvalue weighted by atomic mass is 16.6. The Morgan fingerprint density at radius 2 is 1.88 bits per heavy atom. The van der Waals surface area contributed by atoms with E-state index in [-0.39, 0.29) is 18.1 Å². The Hall–Kier alpha value is -2.24. The fraction of sp³-hybridized carbons (Fsp3) is 0.600. The molecule has 1 aromatic carbocycles. The predicted molar refractivity (Wildman–Crippen MR) is 100 cm³/mol. The van der Waals surface area contributed by atoms with Gasteiger partial charge in [-0.1, -0.05) is 25.1 Å². The second-order valence-corrected chi connectivity index (χ2v) is 7.62. The lowest BCUT2D eigenvalue weighted by molar-refractivity contribution is -0.124. The standard InChI is InChI=1S/C20H30N2O4/c1-5-15(22-19(24)26-20(2,3)4)18(23)21-16-12-9-13-17(16)25-14-10-7-6-8-11-14/h6-8,10-11,15-17H,5,9,12-13H2,1-4H3,(H,21,23)(H,22,24)/t15-,16-,17+/m1/s1. The number of nitrogens with one attached hydrogen (secondary N) is 2. The number of ether oxygens (including phenoxy) is 2. The molecule has 0 unspecified atom stereocenters. The highest BCUT2D eigenvalue weighted by molar-refractivity contribution is 5.85. The van der Waals surface area contributed by atoms with Gasteiger partial charge in [-0.3, -0.25) is 4.79 Å². The van der Waals surface area contributed by atoms with E-state index in [1.807, 2.05) is 37.3 Å². The summed E-state index contributed by atoms with van der Waals surface area (Å²) in [4.78, 5) is 24.5. The summed E-state index contributed by atoms with van der Waals surface area (Å²) < 4.78 is 11.3. The van der Waals surface area contributed by atoms with Crippen molar-refractivity contribution in [3.05, 3.63) is 30.3 Å². The van der Waals surface area contributed by atoms with Crippen LogP contribution in [0.3, 0.4) is 0 Å². The highest BCUT2D eigenvalue weighted by Crippen LogP contribution is 2.24. The van der Waals surface area contributed by atoms with Gasteiger partial charge in [-0.2, -0.15) is 0 Å². The molecule has 1 aliphatic carbocycles. The van der Waals surface area contributed by atoms with E-state index in [4.69, 9.17) is 9.47 Å². The van der Waals surface area contributed by atoms with Crippen LogP contribution in [-0.2, 0) is 9.53 Å². The molecular weight excluding hydrogens is 332 g/mol. The van der Waals surface area contributed by atoms with E-state index in [0.29, 0.717) is 6.42 Å². The smallest absolute Gasteiger partial charge is 0.408 e. The van der Waals surface area contributed by atoms with Crippen LogP contribution in [0.5, 0.6) is 5.75 Å². The molecule has 6 nitrogen and oxygen atoms in total. The van der Waals surface area contributed by atoms with E-state index < -0.39 is 17.7 Å². The maximum Gasteiger partial charge on any atom is 0.408 e. The fourth-order valence-electron chi connectivity index (χ4n) is 2.99. The van der Waals surface area contributed by atoms with Crippen LogP contribution in [0.25, 0.3) is 0 Å². The molecule has 0 bridgehead atoms. The monoisotopic (exact) mass is 362 g/mol. The zero-order valence-electron chi connectivity index (χ0n) is 16.1. The van der Waals surface area contributed by atoms with Crippen LogP contribution < -0.4 is 15.4 Å². The van der Waals surface area contributed by atoms with Crippen LogP contribution in [0.4, 0.5) is 4.79 Å². The van der Waals surface area contributed by atoms with Gasteiger partial charge in [0.25, 0.3) is 0 Å². The van der Waals surface area contributed by atoms with Crippen molar-refractivity contribution in [3.8, 4) is 5.75 Å². The minimum atomic E-state index is -0.622. The maximum atomic E-state index is 12.6. The summed E-state index contributed by atoms with van der Waals surface area (Å²) in [6.45, 7) is 7.22. The lowest BCUT2D eigenvalue weighted by Crippen LogP contribution is -2.52. The Labute approximate surface area is 155 Å². The second-order valence-electron chi connectivity index (χ2n) is 7.62. The largest absolute Gasteiger partial charge is 0.488 e. The topological polar surface area (TPSA) is 76.7 Å². The van der Waals surface area contributed by atoms with E-state index in [1.165, 1.54) is 0 Å². The molecule has 0 spiro atoms. The summed E-state index contributed by atoms with van der Waals surface area (Å²) in [5, 5.41) is 5.68. The van der Waals surface area contributed by atoms with Crippen molar-refractivity contribution < 1.29 is 19.1 Å².